The summed E-state index contributed by atoms with van der Waals surface area (Å²) < 4.78 is 7.00. The van der Waals surface area contributed by atoms with Gasteiger partial charge < -0.3 is 15.4 Å². The van der Waals surface area contributed by atoms with Gasteiger partial charge in [0, 0.05) is 30.0 Å². The molecule has 26 heavy (non-hydrogen) atoms. The van der Waals surface area contributed by atoms with Crippen molar-refractivity contribution in [1.29, 1.82) is 0 Å². The highest BCUT2D eigenvalue weighted by Gasteiger charge is 2.15. The molecule has 1 aliphatic rings. The largest absolute Gasteiger partial charge is 0.494 e. The van der Waals surface area contributed by atoms with Crippen LogP contribution in [0, 0.1) is 2.88 Å². The van der Waals surface area contributed by atoms with E-state index >= 15 is 0 Å². The van der Waals surface area contributed by atoms with Crippen molar-refractivity contribution in [3.05, 3.63) is 43.7 Å². The molecule has 2 heterocycles. The van der Waals surface area contributed by atoms with Crippen molar-refractivity contribution in [3.63, 3.8) is 0 Å². The van der Waals surface area contributed by atoms with E-state index in [0.717, 1.165) is 29.8 Å². The SMILES string of the molecule is O=C(CCCOc1ccc2c(c1)CCC(=O)N2)NCCc1ccc(I)s1. The number of carbonyl (C=O) groups is 2. The molecule has 1 aliphatic heterocycles. The topological polar surface area (TPSA) is 67.4 Å². The van der Waals surface area contributed by atoms with Crippen molar-refractivity contribution in [2.75, 3.05) is 18.5 Å². The molecule has 0 bridgehead atoms. The number of fused-ring (bicyclic) bond motifs is 1. The molecule has 0 atom stereocenters. The lowest BCUT2D eigenvalue weighted by Crippen LogP contribution is -2.25. The van der Waals surface area contributed by atoms with Crippen LogP contribution in [0.5, 0.6) is 5.75 Å². The van der Waals surface area contributed by atoms with Crippen LogP contribution in [0.25, 0.3) is 0 Å². The van der Waals surface area contributed by atoms with Gasteiger partial charge in [0.25, 0.3) is 0 Å². The summed E-state index contributed by atoms with van der Waals surface area (Å²) in [6.45, 7) is 1.18. The Morgan fingerprint density at radius 2 is 2.15 bits per heavy atom. The standard InChI is InChI=1S/C19H21IN2O3S/c20-17-7-5-15(26-17)9-10-21-18(23)2-1-11-25-14-4-6-16-13(12-14)3-8-19(24)22-16/h4-7,12H,1-3,8-11H2,(H,21,23)(H,22,24). The number of aryl methyl sites for hydroxylation is 1. The Bertz CT molecular complexity index is 791. The van der Waals surface area contributed by atoms with Gasteiger partial charge in [0.1, 0.15) is 5.75 Å². The van der Waals surface area contributed by atoms with Crippen molar-refractivity contribution < 1.29 is 14.3 Å². The minimum absolute atomic E-state index is 0.0611. The van der Waals surface area contributed by atoms with Gasteiger partial charge >= 0.3 is 0 Å². The first kappa shape index (κ1) is 19.2. The highest BCUT2D eigenvalue weighted by molar-refractivity contribution is 14.1. The monoisotopic (exact) mass is 484 g/mol. The normalized spacial score (nSPS) is 13.0. The number of hydrogen-bond acceptors (Lipinski definition) is 4. The van der Waals surface area contributed by atoms with Gasteiger partial charge in [-0.3, -0.25) is 9.59 Å². The van der Waals surface area contributed by atoms with E-state index in [9.17, 15) is 9.59 Å². The summed E-state index contributed by atoms with van der Waals surface area (Å²) in [4.78, 5) is 24.5. The fraction of sp³-hybridized carbons (Fsp3) is 0.368. The average Bonchev–Trinajstić information content (AvgIpc) is 3.04. The highest BCUT2D eigenvalue weighted by atomic mass is 127. The molecule has 5 nitrogen and oxygen atoms in total. The number of carbonyl (C=O) groups excluding carboxylic acids is 2. The van der Waals surface area contributed by atoms with Gasteiger partial charge in [-0.15, -0.1) is 11.3 Å². The van der Waals surface area contributed by atoms with Crippen LogP contribution in [-0.2, 0) is 22.4 Å². The van der Waals surface area contributed by atoms with E-state index in [0.29, 0.717) is 32.4 Å². The van der Waals surface area contributed by atoms with E-state index in [1.807, 2.05) is 18.2 Å². The molecule has 0 aliphatic carbocycles. The van der Waals surface area contributed by atoms with Crippen molar-refractivity contribution in [2.24, 2.45) is 0 Å². The van der Waals surface area contributed by atoms with Gasteiger partial charge in [-0.25, -0.2) is 0 Å². The summed E-state index contributed by atoms with van der Waals surface area (Å²) in [5, 5.41) is 5.81. The zero-order valence-electron chi connectivity index (χ0n) is 14.3. The third-order valence-electron chi connectivity index (χ3n) is 4.11. The first-order valence-electron chi connectivity index (χ1n) is 8.66. The van der Waals surface area contributed by atoms with Crippen LogP contribution in [0.4, 0.5) is 5.69 Å². The quantitative estimate of drug-likeness (QED) is 0.443. The molecule has 0 fully saturated rings. The number of ether oxygens (including phenoxy) is 1. The van der Waals surface area contributed by atoms with Crippen LogP contribution < -0.4 is 15.4 Å². The van der Waals surface area contributed by atoms with E-state index in [2.05, 4.69) is 45.4 Å². The molecule has 0 saturated carbocycles. The Kier molecular flexibility index (Phi) is 6.90. The van der Waals surface area contributed by atoms with E-state index in [4.69, 9.17) is 4.74 Å². The lowest BCUT2D eigenvalue weighted by molar-refractivity contribution is -0.121. The molecule has 1 aromatic heterocycles. The fourth-order valence-electron chi connectivity index (χ4n) is 2.77. The van der Waals surface area contributed by atoms with E-state index in [-0.39, 0.29) is 11.8 Å². The molecule has 2 aromatic rings. The summed E-state index contributed by atoms with van der Waals surface area (Å²) in [5.74, 6) is 0.909. The van der Waals surface area contributed by atoms with Gasteiger partial charge in [-0.05, 0) is 77.7 Å². The maximum absolute atomic E-state index is 11.9. The number of amides is 2. The van der Waals surface area contributed by atoms with Crippen molar-refractivity contribution >= 4 is 51.4 Å². The zero-order valence-corrected chi connectivity index (χ0v) is 17.3. The average molecular weight is 484 g/mol. The minimum Gasteiger partial charge on any atom is -0.494 e. The molecule has 7 heteroatoms. The van der Waals surface area contributed by atoms with Gasteiger partial charge in [0.05, 0.1) is 9.49 Å². The number of anilines is 1. The Labute approximate surface area is 170 Å². The highest BCUT2D eigenvalue weighted by Crippen LogP contribution is 2.26. The first-order chi connectivity index (χ1) is 12.6. The number of thiophene rings is 1. The molecule has 1 aromatic carbocycles. The minimum atomic E-state index is 0.0611. The number of benzene rings is 1. The second-order valence-electron chi connectivity index (χ2n) is 6.12. The van der Waals surface area contributed by atoms with Crippen LogP contribution in [0.15, 0.2) is 30.3 Å². The van der Waals surface area contributed by atoms with Crippen molar-refractivity contribution in [1.82, 2.24) is 5.32 Å². The fourth-order valence-corrected chi connectivity index (χ4v) is 4.53. The molecule has 0 unspecified atom stereocenters. The summed E-state index contributed by atoms with van der Waals surface area (Å²) in [5.41, 5.74) is 1.97. The number of rotatable bonds is 8. The van der Waals surface area contributed by atoms with Crippen LogP contribution in [0.3, 0.4) is 0 Å². The van der Waals surface area contributed by atoms with Gasteiger partial charge in [0.15, 0.2) is 0 Å². The molecule has 0 saturated heterocycles. The third-order valence-corrected chi connectivity index (χ3v) is 6.07. The zero-order chi connectivity index (χ0) is 18.4. The number of hydrogen-bond donors (Lipinski definition) is 2. The lowest BCUT2D eigenvalue weighted by atomic mass is 10.0. The predicted molar refractivity (Wildman–Crippen MR) is 112 cm³/mol. The van der Waals surface area contributed by atoms with Gasteiger partial charge in [-0.2, -0.15) is 0 Å². The van der Waals surface area contributed by atoms with Crippen molar-refractivity contribution in [3.8, 4) is 5.75 Å². The Morgan fingerprint density at radius 3 is 2.96 bits per heavy atom. The molecule has 3 rings (SSSR count). The van der Waals surface area contributed by atoms with Gasteiger partial charge in [-0.1, -0.05) is 0 Å². The summed E-state index contributed by atoms with van der Waals surface area (Å²) in [6, 6.07) is 9.90. The Balaban J connectivity index is 1.32. The maximum atomic E-state index is 11.9. The molecule has 2 N–H and O–H groups in total. The van der Waals surface area contributed by atoms with Crippen LogP contribution >= 0.6 is 33.9 Å². The van der Waals surface area contributed by atoms with Crippen LogP contribution in [0.2, 0.25) is 0 Å². The molecule has 0 spiro atoms. The van der Waals surface area contributed by atoms with Crippen LogP contribution in [-0.4, -0.2) is 25.0 Å². The third kappa shape index (κ3) is 5.70. The Morgan fingerprint density at radius 1 is 1.27 bits per heavy atom. The second kappa shape index (κ2) is 9.36. The number of nitrogens with one attached hydrogen (secondary N) is 2. The molecular formula is C19H21IN2O3S. The van der Waals surface area contributed by atoms with E-state index in [1.54, 1.807) is 11.3 Å². The smallest absolute Gasteiger partial charge is 0.224 e. The lowest BCUT2D eigenvalue weighted by Gasteiger charge is -2.17. The van der Waals surface area contributed by atoms with Gasteiger partial charge in [0.2, 0.25) is 11.8 Å². The predicted octanol–water partition coefficient (Wildman–Crippen LogP) is 3.76. The maximum Gasteiger partial charge on any atom is 0.224 e. The molecule has 0 radical (unpaired) electrons. The molecule has 138 valence electrons. The van der Waals surface area contributed by atoms with Crippen molar-refractivity contribution in [2.45, 2.75) is 32.1 Å². The Hall–Kier alpha value is -1.61. The first-order valence-corrected chi connectivity index (χ1v) is 10.6. The second-order valence-corrected chi connectivity index (χ2v) is 9.19. The van der Waals surface area contributed by atoms with E-state index in [1.165, 1.54) is 7.76 Å². The molecule has 2 amide bonds. The summed E-state index contributed by atoms with van der Waals surface area (Å²) >= 11 is 4.06. The molecular weight excluding hydrogens is 463 g/mol. The summed E-state index contributed by atoms with van der Waals surface area (Å²) in [6.07, 6.45) is 3.27. The summed E-state index contributed by atoms with van der Waals surface area (Å²) in [7, 11) is 0. The van der Waals surface area contributed by atoms with Crippen LogP contribution in [0.1, 0.15) is 29.7 Å². The van der Waals surface area contributed by atoms with E-state index < -0.39 is 0 Å². The number of halogens is 1.